The van der Waals surface area contributed by atoms with Crippen LogP contribution in [0.15, 0.2) is 0 Å². The van der Waals surface area contributed by atoms with Crippen molar-refractivity contribution < 1.29 is 0 Å². The van der Waals surface area contributed by atoms with Gasteiger partial charge in [0.05, 0.1) is 0 Å². The van der Waals surface area contributed by atoms with Gasteiger partial charge in [-0.05, 0) is 32.1 Å². The second kappa shape index (κ2) is 8.63. The normalized spacial score (nSPS) is 19.3. The van der Waals surface area contributed by atoms with Crippen LogP contribution < -0.4 is 0 Å². The lowest BCUT2D eigenvalue weighted by Gasteiger charge is -2.42. The molecule has 1 aliphatic heterocycles. The molecule has 0 bridgehead atoms. The molecular formula is C16H33BrN2. The Bertz CT molecular complexity index is 229. The van der Waals surface area contributed by atoms with E-state index in [1.165, 1.54) is 58.4 Å². The number of alkyl halides is 1. The summed E-state index contributed by atoms with van der Waals surface area (Å²) in [6, 6.07) is 0.703. The standard InChI is InChI=1S/C16H33BrN2/c1-5-7-16(13-17,8-6-2)14-18-9-11-19(12-10-18)15(3)4/h15H,5-14H2,1-4H3. The maximum atomic E-state index is 3.80. The maximum absolute atomic E-state index is 3.80. The van der Waals surface area contributed by atoms with E-state index in [-0.39, 0.29) is 0 Å². The molecule has 1 saturated heterocycles. The second-order valence-corrected chi connectivity index (χ2v) is 7.10. The van der Waals surface area contributed by atoms with Crippen LogP contribution in [0.1, 0.15) is 53.4 Å². The highest BCUT2D eigenvalue weighted by atomic mass is 79.9. The van der Waals surface area contributed by atoms with Gasteiger partial charge in [-0.1, -0.05) is 42.6 Å². The van der Waals surface area contributed by atoms with E-state index in [1.807, 2.05) is 0 Å². The van der Waals surface area contributed by atoms with Crippen molar-refractivity contribution in [1.82, 2.24) is 9.80 Å². The Balaban J connectivity index is 2.51. The van der Waals surface area contributed by atoms with Gasteiger partial charge in [-0.2, -0.15) is 0 Å². The summed E-state index contributed by atoms with van der Waals surface area (Å²) in [5, 5.41) is 1.16. The molecule has 3 heteroatoms. The molecule has 0 aromatic heterocycles. The molecule has 1 rings (SSSR count). The Labute approximate surface area is 129 Å². The average Bonchev–Trinajstić information content (AvgIpc) is 2.40. The van der Waals surface area contributed by atoms with Gasteiger partial charge >= 0.3 is 0 Å². The van der Waals surface area contributed by atoms with Crippen molar-refractivity contribution >= 4 is 15.9 Å². The van der Waals surface area contributed by atoms with Crippen molar-refractivity contribution in [1.29, 1.82) is 0 Å². The fourth-order valence-corrected chi connectivity index (χ4v) is 4.17. The monoisotopic (exact) mass is 332 g/mol. The SMILES string of the molecule is CCCC(CBr)(CCC)CN1CCN(C(C)C)CC1. The van der Waals surface area contributed by atoms with E-state index in [1.54, 1.807) is 0 Å². The Morgan fingerprint density at radius 1 is 1.00 bits per heavy atom. The number of nitrogens with zero attached hydrogens (tertiary/aromatic N) is 2. The number of halogens is 1. The Morgan fingerprint density at radius 3 is 1.89 bits per heavy atom. The van der Waals surface area contributed by atoms with E-state index in [2.05, 4.69) is 53.4 Å². The third-order valence-corrected chi connectivity index (χ3v) is 5.73. The van der Waals surface area contributed by atoms with E-state index in [4.69, 9.17) is 0 Å². The van der Waals surface area contributed by atoms with E-state index in [0.29, 0.717) is 11.5 Å². The van der Waals surface area contributed by atoms with Crippen LogP contribution in [0.25, 0.3) is 0 Å². The molecule has 114 valence electrons. The van der Waals surface area contributed by atoms with Crippen LogP contribution in [-0.2, 0) is 0 Å². The summed E-state index contributed by atoms with van der Waals surface area (Å²) in [4.78, 5) is 5.30. The molecule has 1 aliphatic rings. The van der Waals surface area contributed by atoms with Gasteiger partial charge in [0.1, 0.15) is 0 Å². The summed E-state index contributed by atoms with van der Waals surface area (Å²) in [5.74, 6) is 0. The number of piperazine rings is 1. The highest BCUT2D eigenvalue weighted by molar-refractivity contribution is 9.09. The van der Waals surface area contributed by atoms with Crippen molar-refractivity contribution in [3.63, 3.8) is 0 Å². The summed E-state index contributed by atoms with van der Waals surface area (Å²) < 4.78 is 0. The molecule has 0 aliphatic carbocycles. The van der Waals surface area contributed by atoms with Crippen molar-refractivity contribution in [2.75, 3.05) is 38.1 Å². The molecule has 2 nitrogen and oxygen atoms in total. The van der Waals surface area contributed by atoms with Gasteiger partial charge in [0.25, 0.3) is 0 Å². The van der Waals surface area contributed by atoms with Crippen molar-refractivity contribution in [2.24, 2.45) is 5.41 Å². The summed E-state index contributed by atoms with van der Waals surface area (Å²) in [5.41, 5.74) is 0.503. The van der Waals surface area contributed by atoms with Gasteiger partial charge in [-0.25, -0.2) is 0 Å². The number of rotatable bonds is 8. The lowest BCUT2D eigenvalue weighted by Crippen LogP contribution is -2.51. The first-order valence-electron chi connectivity index (χ1n) is 8.09. The molecule has 0 aromatic carbocycles. The highest BCUT2D eigenvalue weighted by Crippen LogP contribution is 2.33. The van der Waals surface area contributed by atoms with E-state index >= 15 is 0 Å². The summed E-state index contributed by atoms with van der Waals surface area (Å²) in [7, 11) is 0. The van der Waals surface area contributed by atoms with Crippen LogP contribution in [0.3, 0.4) is 0 Å². The third-order valence-electron chi connectivity index (χ3n) is 4.54. The van der Waals surface area contributed by atoms with Gasteiger partial charge in [0.15, 0.2) is 0 Å². The second-order valence-electron chi connectivity index (χ2n) is 6.54. The van der Waals surface area contributed by atoms with Gasteiger partial charge in [0.2, 0.25) is 0 Å². The molecule has 0 saturated carbocycles. The molecule has 0 amide bonds. The maximum Gasteiger partial charge on any atom is 0.0113 e. The lowest BCUT2D eigenvalue weighted by atomic mass is 9.80. The topological polar surface area (TPSA) is 6.48 Å². The molecule has 0 spiro atoms. The van der Waals surface area contributed by atoms with Crippen LogP contribution in [0.4, 0.5) is 0 Å². The largest absolute Gasteiger partial charge is 0.300 e. The van der Waals surface area contributed by atoms with Crippen molar-refractivity contribution in [3.8, 4) is 0 Å². The zero-order valence-corrected chi connectivity index (χ0v) is 15.0. The molecule has 1 heterocycles. The summed E-state index contributed by atoms with van der Waals surface area (Å²) >= 11 is 3.80. The molecule has 0 atom stereocenters. The average molecular weight is 333 g/mol. The zero-order chi connectivity index (χ0) is 14.3. The predicted molar refractivity (Wildman–Crippen MR) is 89.2 cm³/mol. The van der Waals surface area contributed by atoms with Crippen molar-refractivity contribution in [3.05, 3.63) is 0 Å². The highest BCUT2D eigenvalue weighted by Gasteiger charge is 2.31. The molecule has 19 heavy (non-hydrogen) atoms. The van der Waals surface area contributed by atoms with Crippen LogP contribution in [0, 0.1) is 5.41 Å². The smallest absolute Gasteiger partial charge is 0.0113 e. The first-order valence-corrected chi connectivity index (χ1v) is 9.21. The zero-order valence-electron chi connectivity index (χ0n) is 13.4. The Hall–Kier alpha value is 0.400. The first kappa shape index (κ1) is 17.5. The minimum Gasteiger partial charge on any atom is -0.300 e. The van der Waals surface area contributed by atoms with E-state index in [9.17, 15) is 0 Å². The molecular weight excluding hydrogens is 300 g/mol. The van der Waals surface area contributed by atoms with Crippen LogP contribution in [-0.4, -0.2) is 53.9 Å². The quantitative estimate of drug-likeness (QED) is 0.620. The van der Waals surface area contributed by atoms with Gasteiger partial charge in [-0.15, -0.1) is 0 Å². The van der Waals surface area contributed by atoms with Crippen molar-refractivity contribution in [2.45, 2.75) is 59.4 Å². The third kappa shape index (κ3) is 5.35. The first-order chi connectivity index (χ1) is 9.06. The summed E-state index contributed by atoms with van der Waals surface area (Å²) in [6.07, 6.45) is 5.32. The fraction of sp³-hybridized carbons (Fsp3) is 1.00. The minimum absolute atomic E-state index is 0.503. The minimum atomic E-state index is 0.503. The molecule has 1 fully saturated rings. The molecule has 0 unspecified atom stereocenters. The molecule has 0 radical (unpaired) electrons. The predicted octanol–water partition coefficient (Wildman–Crippen LogP) is 3.99. The van der Waals surface area contributed by atoms with Gasteiger partial charge in [-0.3, -0.25) is 4.90 Å². The van der Waals surface area contributed by atoms with Gasteiger partial charge in [0, 0.05) is 44.1 Å². The summed E-state index contributed by atoms with van der Waals surface area (Å²) in [6.45, 7) is 15.5. The van der Waals surface area contributed by atoms with Crippen LogP contribution in [0.2, 0.25) is 0 Å². The van der Waals surface area contributed by atoms with Crippen LogP contribution >= 0.6 is 15.9 Å². The van der Waals surface area contributed by atoms with E-state index < -0.39 is 0 Å². The van der Waals surface area contributed by atoms with E-state index in [0.717, 1.165) is 5.33 Å². The van der Waals surface area contributed by atoms with Crippen LogP contribution in [0.5, 0.6) is 0 Å². The van der Waals surface area contributed by atoms with Gasteiger partial charge < -0.3 is 4.90 Å². The number of hydrogen-bond donors (Lipinski definition) is 0. The lowest BCUT2D eigenvalue weighted by molar-refractivity contribution is 0.0707. The molecule has 0 aromatic rings. The Morgan fingerprint density at radius 2 is 1.53 bits per heavy atom. The number of hydrogen-bond acceptors (Lipinski definition) is 2. The Kier molecular flexibility index (Phi) is 7.93. The molecule has 0 N–H and O–H groups in total. The fourth-order valence-electron chi connectivity index (χ4n) is 3.43.